The lowest BCUT2D eigenvalue weighted by Crippen LogP contribution is -1.96. The number of rotatable bonds is 4. The van der Waals surface area contributed by atoms with E-state index in [9.17, 15) is 4.39 Å². The van der Waals surface area contributed by atoms with Crippen molar-refractivity contribution in [3.05, 3.63) is 53.2 Å². The number of hydrogen-bond acceptors (Lipinski definition) is 3. The van der Waals surface area contributed by atoms with E-state index >= 15 is 0 Å². The van der Waals surface area contributed by atoms with E-state index in [1.165, 1.54) is 12.1 Å². The summed E-state index contributed by atoms with van der Waals surface area (Å²) in [6.45, 7) is 2.56. The number of benzene rings is 1. The van der Waals surface area contributed by atoms with Gasteiger partial charge in [-0.25, -0.2) is 4.39 Å². The topological polar surface area (TPSA) is 48.4 Å². The van der Waals surface area contributed by atoms with Gasteiger partial charge < -0.3 is 14.9 Å². The van der Waals surface area contributed by atoms with Gasteiger partial charge in [-0.05, 0) is 25.1 Å². The maximum atomic E-state index is 12.9. The Morgan fingerprint density at radius 3 is 2.82 bits per heavy atom. The minimum absolute atomic E-state index is 0.268. The lowest BCUT2D eigenvalue weighted by atomic mass is 10.2. The van der Waals surface area contributed by atoms with Crippen LogP contribution in [0.25, 0.3) is 0 Å². The van der Waals surface area contributed by atoms with E-state index in [2.05, 4.69) is 0 Å². The summed E-state index contributed by atoms with van der Waals surface area (Å²) < 4.78 is 23.8. The van der Waals surface area contributed by atoms with Crippen molar-refractivity contribution < 1.29 is 13.5 Å². The van der Waals surface area contributed by atoms with E-state index in [4.69, 9.17) is 14.9 Å². The van der Waals surface area contributed by atoms with Crippen molar-refractivity contribution in [2.75, 3.05) is 0 Å². The fourth-order valence-corrected chi connectivity index (χ4v) is 1.57. The molecule has 1 heterocycles. The van der Waals surface area contributed by atoms with Crippen molar-refractivity contribution in [2.24, 2.45) is 5.73 Å². The highest BCUT2D eigenvalue weighted by Gasteiger charge is 2.06. The SMILES string of the molecule is Cc1oc(COc2cccc(F)c2)cc1CN. The van der Waals surface area contributed by atoms with Gasteiger partial charge in [0.05, 0.1) is 0 Å². The highest BCUT2D eigenvalue weighted by Crippen LogP contribution is 2.17. The van der Waals surface area contributed by atoms with Crippen LogP contribution < -0.4 is 10.5 Å². The molecule has 0 aliphatic rings. The molecule has 90 valence electrons. The average molecular weight is 235 g/mol. The van der Waals surface area contributed by atoms with Gasteiger partial charge in [0.1, 0.15) is 29.7 Å². The molecule has 1 aromatic carbocycles. The van der Waals surface area contributed by atoms with Gasteiger partial charge in [0.25, 0.3) is 0 Å². The Balaban J connectivity index is 2.02. The first kappa shape index (κ1) is 11.7. The molecule has 0 saturated carbocycles. The maximum absolute atomic E-state index is 12.9. The van der Waals surface area contributed by atoms with Crippen LogP contribution in [0.4, 0.5) is 4.39 Å². The first-order chi connectivity index (χ1) is 8.19. The van der Waals surface area contributed by atoms with Crippen molar-refractivity contribution in [3.63, 3.8) is 0 Å². The second-order valence-electron chi connectivity index (χ2n) is 3.74. The molecule has 0 saturated heterocycles. The summed E-state index contributed by atoms with van der Waals surface area (Å²) in [5, 5.41) is 0. The summed E-state index contributed by atoms with van der Waals surface area (Å²) in [6, 6.07) is 7.86. The molecule has 0 bridgehead atoms. The normalized spacial score (nSPS) is 10.5. The Hall–Kier alpha value is -1.81. The molecule has 17 heavy (non-hydrogen) atoms. The molecule has 0 radical (unpaired) electrons. The van der Waals surface area contributed by atoms with Crippen LogP contribution in [0.3, 0.4) is 0 Å². The number of nitrogens with two attached hydrogens (primary N) is 1. The summed E-state index contributed by atoms with van der Waals surface area (Å²) >= 11 is 0. The zero-order valence-corrected chi connectivity index (χ0v) is 9.57. The molecular weight excluding hydrogens is 221 g/mol. The third-order valence-corrected chi connectivity index (χ3v) is 2.47. The second-order valence-corrected chi connectivity index (χ2v) is 3.74. The van der Waals surface area contributed by atoms with Gasteiger partial charge in [-0.1, -0.05) is 6.07 Å². The predicted molar refractivity (Wildman–Crippen MR) is 62.1 cm³/mol. The summed E-state index contributed by atoms with van der Waals surface area (Å²) in [5.41, 5.74) is 6.50. The highest BCUT2D eigenvalue weighted by atomic mass is 19.1. The highest BCUT2D eigenvalue weighted by molar-refractivity contribution is 5.24. The first-order valence-electron chi connectivity index (χ1n) is 5.35. The summed E-state index contributed by atoms with van der Waals surface area (Å²) in [4.78, 5) is 0. The number of ether oxygens (including phenoxy) is 1. The molecule has 0 unspecified atom stereocenters. The third kappa shape index (κ3) is 2.85. The minimum atomic E-state index is -0.319. The van der Waals surface area contributed by atoms with Crippen LogP contribution in [-0.4, -0.2) is 0 Å². The number of aryl methyl sites for hydroxylation is 1. The molecule has 0 amide bonds. The van der Waals surface area contributed by atoms with Crippen molar-refractivity contribution in [1.82, 2.24) is 0 Å². The van der Waals surface area contributed by atoms with Crippen LogP contribution >= 0.6 is 0 Å². The Morgan fingerprint density at radius 1 is 1.35 bits per heavy atom. The van der Waals surface area contributed by atoms with E-state index in [0.29, 0.717) is 18.1 Å². The molecule has 4 heteroatoms. The molecule has 1 aromatic heterocycles. The van der Waals surface area contributed by atoms with Gasteiger partial charge in [0, 0.05) is 18.2 Å². The van der Waals surface area contributed by atoms with E-state index in [0.717, 1.165) is 11.3 Å². The molecule has 3 nitrogen and oxygen atoms in total. The lowest BCUT2D eigenvalue weighted by Gasteiger charge is -2.03. The predicted octanol–water partition coefficient (Wildman–Crippen LogP) is 2.76. The maximum Gasteiger partial charge on any atom is 0.146 e. The van der Waals surface area contributed by atoms with Crippen molar-refractivity contribution in [2.45, 2.75) is 20.1 Å². The molecule has 2 aromatic rings. The fourth-order valence-electron chi connectivity index (χ4n) is 1.57. The van der Waals surface area contributed by atoms with Crippen LogP contribution in [0, 0.1) is 12.7 Å². The lowest BCUT2D eigenvalue weighted by molar-refractivity contribution is 0.266. The van der Waals surface area contributed by atoms with Crippen molar-refractivity contribution in [1.29, 1.82) is 0 Å². The van der Waals surface area contributed by atoms with Crippen molar-refractivity contribution >= 4 is 0 Å². The van der Waals surface area contributed by atoms with Crippen molar-refractivity contribution in [3.8, 4) is 5.75 Å². The number of furan rings is 1. The monoisotopic (exact) mass is 235 g/mol. The number of halogens is 1. The van der Waals surface area contributed by atoms with Gasteiger partial charge in [0.15, 0.2) is 0 Å². The van der Waals surface area contributed by atoms with Gasteiger partial charge in [-0.3, -0.25) is 0 Å². The smallest absolute Gasteiger partial charge is 0.146 e. The molecule has 0 fully saturated rings. The van der Waals surface area contributed by atoms with Crippen LogP contribution in [0.1, 0.15) is 17.1 Å². The molecule has 2 rings (SSSR count). The van der Waals surface area contributed by atoms with E-state index in [1.54, 1.807) is 12.1 Å². The average Bonchev–Trinajstić information content (AvgIpc) is 2.67. The quantitative estimate of drug-likeness (QED) is 0.886. The van der Waals surface area contributed by atoms with Crippen LogP contribution in [0.5, 0.6) is 5.75 Å². The standard InChI is InChI=1S/C13H14FNO2/c1-9-10(7-15)5-13(17-9)8-16-12-4-2-3-11(14)6-12/h2-6H,7-8,15H2,1H3. The Kier molecular flexibility index (Phi) is 3.44. The van der Waals surface area contributed by atoms with Gasteiger partial charge in [0.2, 0.25) is 0 Å². The van der Waals surface area contributed by atoms with E-state index < -0.39 is 0 Å². The Morgan fingerprint density at radius 2 is 2.18 bits per heavy atom. The van der Waals surface area contributed by atoms with Gasteiger partial charge in [-0.2, -0.15) is 0 Å². The fraction of sp³-hybridized carbons (Fsp3) is 0.231. The Labute approximate surface area is 99.0 Å². The summed E-state index contributed by atoms with van der Waals surface area (Å²) in [5.74, 6) is 1.65. The molecule has 0 aliphatic heterocycles. The minimum Gasteiger partial charge on any atom is -0.486 e. The summed E-state index contributed by atoms with van der Waals surface area (Å²) in [7, 11) is 0. The van der Waals surface area contributed by atoms with Crippen LogP contribution in [-0.2, 0) is 13.2 Å². The third-order valence-electron chi connectivity index (χ3n) is 2.47. The van der Waals surface area contributed by atoms with Gasteiger partial charge >= 0.3 is 0 Å². The zero-order chi connectivity index (χ0) is 12.3. The summed E-state index contributed by atoms with van der Waals surface area (Å²) in [6.07, 6.45) is 0. The van der Waals surface area contributed by atoms with Crippen LogP contribution in [0.15, 0.2) is 34.7 Å². The number of hydrogen-bond donors (Lipinski definition) is 1. The molecular formula is C13H14FNO2. The Bertz CT molecular complexity index is 508. The van der Waals surface area contributed by atoms with Gasteiger partial charge in [-0.15, -0.1) is 0 Å². The van der Waals surface area contributed by atoms with Crippen LogP contribution in [0.2, 0.25) is 0 Å². The van der Waals surface area contributed by atoms with E-state index in [1.807, 2.05) is 13.0 Å². The molecule has 0 aliphatic carbocycles. The molecule has 0 spiro atoms. The largest absolute Gasteiger partial charge is 0.486 e. The second kappa shape index (κ2) is 5.01. The molecule has 2 N–H and O–H groups in total. The van der Waals surface area contributed by atoms with E-state index in [-0.39, 0.29) is 12.4 Å². The zero-order valence-electron chi connectivity index (χ0n) is 9.57. The molecule has 0 atom stereocenters. The first-order valence-corrected chi connectivity index (χ1v) is 5.35.